The van der Waals surface area contributed by atoms with E-state index < -0.39 is 0 Å². The zero-order valence-electron chi connectivity index (χ0n) is 15.4. The summed E-state index contributed by atoms with van der Waals surface area (Å²) in [5, 5.41) is 0. The first kappa shape index (κ1) is 16.9. The summed E-state index contributed by atoms with van der Waals surface area (Å²) in [4.78, 5) is 17.1. The Bertz CT molecular complexity index is 822. The largest absolute Gasteiger partial charge is 0.493 e. The van der Waals surface area contributed by atoms with Crippen LogP contribution in [0, 0.1) is 0 Å². The van der Waals surface area contributed by atoms with Crippen molar-refractivity contribution in [1.82, 2.24) is 9.80 Å². The SMILES string of the molecule is COc1cc2c(cc1OC)C1CC(=O)N(C)C(c3ccccc3)N1CC2. The summed E-state index contributed by atoms with van der Waals surface area (Å²) in [7, 11) is 5.21. The number of hydrogen-bond acceptors (Lipinski definition) is 4. The van der Waals surface area contributed by atoms with Crippen LogP contribution in [0.3, 0.4) is 0 Å². The van der Waals surface area contributed by atoms with Crippen LogP contribution in [0.5, 0.6) is 11.5 Å². The molecule has 1 fully saturated rings. The van der Waals surface area contributed by atoms with Crippen molar-refractivity contribution in [2.75, 3.05) is 27.8 Å². The van der Waals surface area contributed by atoms with Crippen LogP contribution in [0.25, 0.3) is 0 Å². The number of hydrogen-bond donors (Lipinski definition) is 0. The maximum atomic E-state index is 12.8. The van der Waals surface area contributed by atoms with E-state index in [-0.39, 0.29) is 18.1 Å². The molecule has 5 heteroatoms. The molecule has 0 spiro atoms. The number of benzene rings is 2. The van der Waals surface area contributed by atoms with Crippen molar-refractivity contribution in [3.05, 3.63) is 59.2 Å². The van der Waals surface area contributed by atoms with Gasteiger partial charge >= 0.3 is 0 Å². The number of nitrogens with zero attached hydrogens (tertiary/aromatic N) is 2. The molecule has 0 bridgehead atoms. The molecule has 0 aliphatic carbocycles. The first-order valence-corrected chi connectivity index (χ1v) is 8.95. The van der Waals surface area contributed by atoms with Crippen LogP contribution in [0.2, 0.25) is 0 Å². The summed E-state index contributed by atoms with van der Waals surface area (Å²) >= 11 is 0. The number of methoxy groups -OCH3 is 2. The standard InChI is InChI=1S/C21H24N2O3/c1-22-20(24)13-17-16-12-19(26-3)18(25-2)11-15(16)9-10-23(17)21(22)14-7-5-4-6-8-14/h4-8,11-12,17,21H,9-10,13H2,1-3H3. The van der Waals surface area contributed by atoms with Crippen molar-refractivity contribution < 1.29 is 14.3 Å². The summed E-state index contributed by atoms with van der Waals surface area (Å²) in [6.07, 6.45) is 1.38. The van der Waals surface area contributed by atoms with E-state index in [9.17, 15) is 4.79 Å². The molecule has 0 saturated carbocycles. The van der Waals surface area contributed by atoms with Gasteiger partial charge in [-0.1, -0.05) is 30.3 Å². The van der Waals surface area contributed by atoms with Crippen LogP contribution in [0.1, 0.15) is 35.3 Å². The van der Waals surface area contributed by atoms with Crippen LogP contribution >= 0.6 is 0 Å². The molecule has 0 N–H and O–H groups in total. The fraction of sp³-hybridized carbons (Fsp3) is 0.381. The lowest BCUT2D eigenvalue weighted by atomic mass is 9.86. The number of rotatable bonds is 3. The van der Waals surface area contributed by atoms with E-state index in [1.165, 1.54) is 11.1 Å². The number of carbonyl (C=O) groups is 1. The molecule has 2 aliphatic heterocycles. The number of carbonyl (C=O) groups excluding carboxylic acids is 1. The van der Waals surface area contributed by atoms with Gasteiger partial charge in [0, 0.05) is 26.1 Å². The third-order valence-electron chi connectivity index (χ3n) is 5.58. The van der Waals surface area contributed by atoms with E-state index in [0.29, 0.717) is 6.42 Å². The molecule has 0 aromatic heterocycles. The van der Waals surface area contributed by atoms with Crippen molar-refractivity contribution in [2.24, 2.45) is 0 Å². The van der Waals surface area contributed by atoms with Gasteiger partial charge in [0.15, 0.2) is 11.5 Å². The van der Waals surface area contributed by atoms with E-state index in [1.807, 2.05) is 36.2 Å². The van der Waals surface area contributed by atoms with Gasteiger partial charge in [-0.3, -0.25) is 9.69 Å². The third-order valence-corrected chi connectivity index (χ3v) is 5.58. The topological polar surface area (TPSA) is 42.0 Å². The summed E-state index contributed by atoms with van der Waals surface area (Å²) in [5.74, 6) is 1.64. The second-order valence-corrected chi connectivity index (χ2v) is 6.90. The summed E-state index contributed by atoms with van der Waals surface area (Å²) < 4.78 is 11.0. The maximum absolute atomic E-state index is 12.8. The van der Waals surface area contributed by atoms with Crippen LogP contribution in [0.4, 0.5) is 0 Å². The van der Waals surface area contributed by atoms with Gasteiger partial charge < -0.3 is 14.4 Å². The van der Waals surface area contributed by atoms with Gasteiger partial charge in [0.2, 0.25) is 5.91 Å². The molecule has 136 valence electrons. The highest BCUT2D eigenvalue weighted by molar-refractivity contribution is 5.78. The molecule has 2 atom stereocenters. The van der Waals surface area contributed by atoms with Crippen LogP contribution in [-0.4, -0.2) is 43.5 Å². The third kappa shape index (κ3) is 2.63. The number of fused-ring (bicyclic) bond motifs is 3. The summed E-state index contributed by atoms with van der Waals surface area (Å²) in [6, 6.07) is 14.4. The van der Waals surface area contributed by atoms with Gasteiger partial charge in [0.1, 0.15) is 6.17 Å². The molecule has 4 rings (SSSR count). The van der Waals surface area contributed by atoms with Crippen molar-refractivity contribution in [3.8, 4) is 11.5 Å². The molecular weight excluding hydrogens is 328 g/mol. The van der Waals surface area contributed by atoms with E-state index in [2.05, 4.69) is 23.1 Å². The minimum absolute atomic E-state index is 0.0382. The predicted octanol–water partition coefficient (Wildman–Crippen LogP) is 3.16. The molecule has 2 heterocycles. The quantitative estimate of drug-likeness (QED) is 0.851. The van der Waals surface area contributed by atoms with Crippen molar-refractivity contribution in [2.45, 2.75) is 25.0 Å². The molecule has 1 saturated heterocycles. The monoisotopic (exact) mass is 352 g/mol. The Kier molecular flexibility index (Phi) is 4.32. The highest BCUT2D eigenvalue weighted by Crippen LogP contribution is 2.45. The lowest BCUT2D eigenvalue weighted by molar-refractivity contribution is -0.147. The molecule has 26 heavy (non-hydrogen) atoms. The zero-order valence-corrected chi connectivity index (χ0v) is 15.4. The molecule has 2 unspecified atom stereocenters. The molecule has 5 nitrogen and oxygen atoms in total. The Hall–Kier alpha value is -2.53. The van der Waals surface area contributed by atoms with Crippen molar-refractivity contribution in [3.63, 3.8) is 0 Å². The van der Waals surface area contributed by atoms with Crippen molar-refractivity contribution in [1.29, 1.82) is 0 Å². The summed E-state index contributed by atoms with van der Waals surface area (Å²) in [5.41, 5.74) is 3.57. The van der Waals surface area contributed by atoms with Gasteiger partial charge in [-0.2, -0.15) is 0 Å². The molecule has 0 radical (unpaired) electrons. The Morgan fingerprint density at radius 2 is 1.73 bits per heavy atom. The Labute approximate surface area is 154 Å². The lowest BCUT2D eigenvalue weighted by Crippen LogP contribution is -2.52. The zero-order chi connectivity index (χ0) is 18.3. The average molecular weight is 352 g/mol. The van der Waals surface area contributed by atoms with Gasteiger partial charge in [-0.15, -0.1) is 0 Å². The first-order valence-electron chi connectivity index (χ1n) is 8.95. The van der Waals surface area contributed by atoms with Gasteiger partial charge in [-0.05, 0) is 35.2 Å². The number of amides is 1. The van der Waals surface area contributed by atoms with E-state index in [1.54, 1.807) is 14.2 Å². The first-order chi connectivity index (χ1) is 12.6. The minimum atomic E-state index is -0.0382. The second-order valence-electron chi connectivity index (χ2n) is 6.90. The van der Waals surface area contributed by atoms with E-state index in [0.717, 1.165) is 30.0 Å². The highest BCUT2D eigenvalue weighted by Gasteiger charge is 2.42. The van der Waals surface area contributed by atoms with E-state index in [4.69, 9.17) is 9.47 Å². The maximum Gasteiger partial charge on any atom is 0.225 e. The number of ether oxygens (including phenoxy) is 2. The van der Waals surface area contributed by atoms with Gasteiger partial charge in [0.25, 0.3) is 0 Å². The molecular formula is C21H24N2O3. The van der Waals surface area contributed by atoms with Crippen LogP contribution in [0.15, 0.2) is 42.5 Å². The Morgan fingerprint density at radius 3 is 2.42 bits per heavy atom. The molecule has 1 amide bonds. The van der Waals surface area contributed by atoms with Crippen LogP contribution in [-0.2, 0) is 11.2 Å². The normalized spacial score (nSPS) is 22.6. The smallest absolute Gasteiger partial charge is 0.225 e. The van der Waals surface area contributed by atoms with Crippen molar-refractivity contribution >= 4 is 5.91 Å². The lowest BCUT2D eigenvalue weighted by Gasteiger charge is -2.49. The predicted molar refractivity (Wildman–Crippen MR) is 99.3 cm³/mol. The second kappa shape index (κ2) is 6.65. The fourth-order valence-corrected chi connectivity index (χ4v) is 4.28. The van der Waals surface area contributed by atoms with Crippen LogP contribution < -0.4 is 9.47 Å². The summed E-state index contributed by atoms with van der Waals surface area (Å²) in [6.45, 7) is 0.907. The van der Waals surface area contributed by atoms with Gasteiger partial charge in [-0.25, -0.2) is 0 Å². The molecule has 2 aromatic rings. The average Bonchev–Trinajstić information content (AvgIpc) is 2.68. The molecule has 2 aromatic carbocycles. The highest BCUT2D eigenvalue weighted by atomic mass is 16.5. The van der Waals surface area contributed by atoms with E-state index >= 15 is 0 Å². The Balaban J connectivity index is 1.79. The minimum Gasteiger partial charge on any atom is -0.493 e. The molecule has 2 aliphatic rings. The Morgan fingerprint density at radius 1 is 1.04 bits per heavy atom. The van der Waals surface area contributed by atoms with Gasteiger partial charge in [0.05, 0.1) is 14.2 Å². The fourth-order valence-electron chi connectivity index (χ4n) is 4.28.